The lowest BCUT2D eigenvalue weighted by Gasteiger charge is -2.50. The van der Waals surface area contributed by atoms with E-state index in [2.05, 4.69) is 33.9 Å². The Morgan fingerprint density at radius 2 is 0.823 bits per heavy atom. The number of sulfone groups is 1. The second-order valence-corrected chi connectivity index (χ2v) is 40.4. The van der Waals surface area contributed by atoms with Crippen LogP contribution in [-0.4, -0.2) is 103 Å². The zero-order valence-electron chi connectivity index (χ0n) is 70.9. The van der Waals surface area contributed by atoms with Gasteiger partial charge >= 0.3 is 0 Å². The van der Waals surface area contributed by atoms with Crippen LogP contribution in [0.25, 0.3) is 11.1 Å². The molecule has 4 unspecified atom stereocenters. The van der Waals surface area contributed by atoms with Gasteiger partial charge in [-0.05, 0) is 140 Å². The molecule has 13 atom stereocenters. The van der Waals surface area contributed by atoms with E-state index in [9.17, 15) is 4.39 Å². The largest absolute Gasteiger partial charge is 0.489 e. The molecule has 12 aromatic carbocycles. The fourth-order valence-electron chi connectivity index (χ4n) is 16.2. The van der Waals surface area contributed by atoms with Gasteiger partial charge in [0.2, 0.25) is 5.91 Å². The van der Waals surface area contributed by atoms with Gasteiger partial charge in [0.25, 0.3) is 0 Å². The molecule has 642 valence electrons. The number of para-hydroxylation sites is 1. The van der Waals surface area contributed by atoms with Crippen LogP contribution in [0.1, 0.15) is 101 Å². The molecular formula is C105H110FNO15SSi. The average molecular weight is 1710 g/mol. The summed E-state index contributed by atoms with van der Waals surface area (Å²) in [6.07, 6.45) is -11.1. The molecule has 12 aromatic rings. The minimum absolute atomic E-state index is 0.0108. The zero-order chi connectivity index (χ0) is 85.7. The first-order valence-electron chi connectivity index (χ1n) is 42.9. The SMILES string of the molecule is CC(C)(C)[Si](C)(C)O[C@H](CC[C@H]1C(=O)N(c2ccccc2)[C@@H]1c1ccc(-c2cccc(OCc3ccccc3)c2)cc1S(=O)(=O)C[C@@H]1OC(COCc2ccccc2)[C@H](O[C@@H]2OC(COCc3ccccc3)[C@H](OCc3ccccc3)[C@H](OCc3ccccc3)C2OCc2ccccc2)[C@H](OCc2ccccc2)C1OCc1ccccc1)c1ccc(F)cc1. The van der Waals surface area contributed by atoms with E-state index in [1.807, 2.05) is 309 Å². The number of hydrogen-bond acceptors (Lipinski definition) is 15. The first kappa shape index (κ1) is 88.4. The number of benzene rings is 12. The van der Waals surface area contributed by atoms with E-state index in [4.69, 9.17) is 56.5 Å². The van der Waals surface area contributed by atoms with E-state index in [-0.39, 0.29) is 87.5 Å². The molecule has 3 aliphatic rings. The monoisotopic (exact) mass is 1700 g/mol. The third-order valence-electron chi connectivity index (χ3n) is 23.8. The molecule has 0 saturated carbocycles. The Morgan fingerprint density at radius 1 is 0.419 bits per heavy atom. The van der Waals surface area contributed by atoms with Crippen LogP contribution in [-0.2, 0) is 119 Å². The Morgan fingerprint density at radius 3 is 1.29 bits per heavy atom. The molecule has 0 spiro atoms. The average Bonchev–Trinajstić information content (AvgIpc) is 0.723. The summed E-state index contributed by atoms with van der Waals surface area (Å²) < 4.78 is 137. The quantitative estimate of drug-likeness (QED) is 0.0263. The number of carbonyl (C=O) groups is 1. The Labute approximate surface area is 730 Å². The Kier molecular flexibility index (Phi) is 30.3. The van der Waals surface area contributed by atoms with Crippen LogP contribution in [0, 0.1) is 11.7 Å². The van der Waals surface area contributed by atoms with Gasteiger partial charge in [-0.1, -0.05) is 318 Å². The number of hydrogen-bond donors (Lipinski definition) is 0. The van der Waals surface area contributed by atoms with Crippen LogP contribution in [0.3, 0.4) is 0 Å². The van der Waals surface area contributed by atoms with Crippen molar-refractivity contribution in [2.75, 3.05) is 23.9 Å². The summed E-state index contributed by atoms with van der Waals surface area (Å²) >= 11 is 0. The molecule has 0 aromatic heterocycles. The number of anilines is 1. The molecule has 0 bridgehead atoms. The summed E-state index contributed by atoms with van der Waals surface area (Å²) in [6.45, 7) is 11.8. The second kappa shape index (κ2) is 42.5. The number of carbonyl (C=O) groups excluding carboxylic acids is 1. The number of β-lactam (4-membered cyclic amide) rings is 1. The van der Waals surface area contributed by atoms with Crippen LogP contribution in [0.4, 0.5) is 10.1 Å². The lowest BCUT2D eigenvalue weighted by molar-refractivity contribution is -0.362. The van der Waals surface area contributed by atoms with Gasteiger partial charge in [0.05, 0.1) is 88.2 Å². The van der Waals surface area contributed by atoms with Crippen molar-refractivity contribution in [1.82, 2.24) is 0 Å². The third-order valence-corrected chi connectivity index (χ3v) is 30.0. The van der Waals surface area contributed by atoms with E-state index in [1.54, 1.807) is 23.1 Å². The first-order chi connectivity index (χ1) is 60.4. The molecule has 0 N–H and O–H groups in total. The van der Waals surface area contributed by atoms with Gasteiger partial charge < -0.3 is 61.4 Å². The van der Waals surface area contributed by atoms with Crippen molar-refractivity contribution in [3.8, 4) is 16.9 Å². The summed E-state index contributed by atoms with van der Waals surface area (Å²) in [4.78, 5) is 17.3. The molecule has 124 heavy (non-hydrogen) atoms. The minimum Gasteiger partial charge on any atom is -0.489 e. The van der Waals surface area contributed by atoms with E-state index < -0.39 is 103 Å². The second-order valence-electron chi connectivity index (χ2n) is 33.6. The number of ether oxygens (including phenoxy) is 11. The normalized spacial score (nSPS) is 21.3. The molecule has 15 rings (SSSR count). The molecule has 3 saturated heterocycles. The van der Waals surface area contributed by atoms with Crippen molar-refractivity contribution in [2.24, 2.45) is 5.92 Å². The molecule has 19 heteroatoms. The Bertz CT molecular complexity index is 5390. The van der Waals surface area contributed by atoms with E-state index in [0.29, 0.717) is 41.2 Å². The van der Waals surface area contributed by atoms with Crippen LogP contribution < -0.4 is 9.64 Å². The lowest BCUT2D eigenvalue weighted by Crippen LogP contribution is -2.66. The fraction of sp³-hybridized carbons (Fsp3) is 0.305. The summed E-state index contributed by atoms with van der Waals surface area (Å²) in [5.41, 5.74) is 10.1. The topological polar surface area (TPSA) is 165 Å². The smallest absolute Gasteiger partial charge is 0.233 e. The number of nitrogens with zero attached hydrogens (tertiary/aromatic N) is 1. The summed E-state index contributed by atoms with van der Waals surface area (Å²) in [5, 5.41) is -0.203. The van der Waals surface area contributed by atoms with Crippen LogP contribution in [0.5, 0.6) is 5.75 Å². The predicted molar refractivity (Wildman–Crippen MR) is 481 cm³/mol. The number of amides is 1. The first-order valence-corrected chi connectivity index (χ1v) is 47.4. The van der Waals surface area contributed by atoms with Crippen LogP contribution in [0.15, 0.2) is 345 Å². The highest BCUT2D eigenvalue weighted by Crippen LogP contribution is 2.51. The maximum absolute atomic E-state index is 17.4. The molecule has 0 radical (unpaired) electrons. The van der Waals surface area contributed by atoms with Gasteiger partial charge in [-0.3, -0.25) is 4.79 Å². The number of rotatable bonds is 40. The highest BCUT2D eigenvalue weighted by atomic mass is 32.2. The predicted octanol–water partition coefficient (Wildman–Crippen LogP) is 21.3. The highest BCUT2D eigenvalue weighted by Gasteiger charge is 2.57. The standard InChI is InChI=1S/C105H110FNO15SSi/c1-105(2,3)124(4,5)122-91(83-54-57-86(106)58-55-83)61-60-90-96(107(103(90)108)87-51-31-14-32-52-87)89-59-56-85(84-50-33-53-88(62-84)113-66-77-38-19-8-20-39-77)63-95(89)123(109,110)74-94-98(115-68-79-42-23-10-24-43-79)100(116-69-80-44-25-11-26-45-80)99(93(119-94)73-112-65-76-36-17-7-18-37-76)121-104-102(118-71-82-48-29-13-30-49-82)101(117-70-81-46-27-12-28-47-81)97(114-67-78-40-21-9-22-41-78)92(120-104)72-111-64-75-34-15-6-16-35-75/h6-59,62-63,90-94,96-102,104H,60-61,64-74H2,1-5H3/t90-,91-,92?,93?,94+,96-,97+,98?,99+,100-,101+,102?,104+/m1/s1. The summed E-state index contributed by atoms with van der Waals surface area (Å²) in [6, 6.07) is 107. The van der Waals surface area contributed by atoms with Crippen LogP contribution in [0.2, 0.25) is 18.1 Å². The van der Waals surface area contributed by atoms with Crippen LogP contribution >= 0.6 is 0 Å². The molecule has 3 fully saturated rings. The maximum Gasteiger partial charge on any atom is 0.233 e. The Hall–Kier alpha value is -10.4. The molecule has 0 aliphatic carbocycles. The summed E-state index contributed by atoms with van der Waals surface area (Å²) in [5.74, 6) is -1.44. The minimum atomic E-state index is -4.70. The lowest BCUT2D eigenvalue weighted by atomic mass is 9.78. The molecule has 3 aliphatic heterocycles. The molecule has 1 amide bonds. The molecular weight excluding hydrogens is 1590 g/mol. The van der Waals surface area contributed by atoms with Gasteiger partial charge in [-0.15, -0.1) is 0 Å². The van der Waals surface area contributed by atoms with Crippen molar-refractivity contribution >= 4 is 29.7 Å². The van der Waals surface area contributed by atoms with Gasteiger partial charge in [0.1, 0.15) is 73.1 Å². The fourth-order valence-corrected chi connectivity index (χ4v) is 19.2. The van der Waals surface area contributed by atoms with E-state index >= 15 is 13.2 Å². The molecule has 3 heterocycles. The number of halogens is 1. The summed E-state index contributed by atoms with van der Waals surface area (Å²) in [7, 11) is -7.24. The van der Waals surface area contributed by atoms with Crippen molar-refractivity contribution in [2.45, 2.75) is 183 Å². The van der Waals surface area contributed by atoms with Gasteiger partial charge in [0.15, 0.2) is 24.4 Å². The van der Waals surface area contributed by atoms with Crippen molar-refractivity contribution < 1.29 is 74.1 Å². The van der Waals surface area contributed by atoms with E-state index in [1.165, 1.54) is 12.1 Å². The maximum atomic E-state index is 17.4. The van der Waals surface area contributed by atoms with Crippen molar-refractivity contribution in [1.29, 1.82) is 0 Å². The third kappa shape index (κ3) is 23.2. The van der Waals surface area contributed by atoms with Crippen molar-refractivity contribution in [3.63, 3.8) is 0 Å². The zero-order valence-corrected chi connectivity index (χ0v) is 72.7. The van der Waals surface area contributed by atoms with Gasteiger partial charge in [-0.2, -0.15) is 0 Å². The molecule has 16 nitrogen and oxygen atoms in total. The highest BCUT2D eigenvalue weighted by molar-refractivity contribution is 7.91. The Balaban J connectivity index is 0.869. The van der Waals surface area contributed by atoms with Gasteiger partial charge in [-0.25, -0.2) is 12.8 Å². The van der Waals surface area contributed by atoms with Gasteiger partial charge in [0, 0.05) is 5.69 Å². The van der Waals surface area contributed by atoms with Crippen molar-refractivity contribution in [3.05, 3.63) is 401 Å². The van der Waals surface area contributed by atoms with E-state index in [0.717, 1.165) is 50.1 Å².